The van der Waals surface area contributed by atoms with Crippen LogP contribution in [-0.2, 0) is 0 Å². The van der Waals surface area contributed by atoms with Crippen molar-refractivity contribution in [2.75, 3.05) is 7.05 Å². The normalized spacial score (nSPS) is 12.1. The van der Waals surface area contributed by atoms with Gasteiger partial charge in [-0.2, -0.15) is 0 Å². The summed E-state index contributed by atoms with van der Waals surface area (Å²) in [7, 11) is 1.82. The van der Waals surface area contributed by atoms with Crippen LogP contribution in [-0.4, -0.2) is 12.0 Å². The lowest BCUT2D eigenvalue weighted by Crippen LogP contribution is -2.17. The number of terminal acetylenes is 1. The molecule has 1 aromatic heterocycles. The molecule has 0 aliphatic carbocycles. The first kappa shape index (κ1) is 11.7. The van der Waals surface area contributed by atoms with Crippen LogP contribution in [0.4, 0.5) is 4.39 Å². The number of nitrogens with one attached hydrogen (secondary N) is 1. The monoisotopic (exact) mass is 206 g/mol. The van der Waals surface area contributed by atoms with Crippen molar-refractivity contribution in [1.29, 1.82) is 0 Å². The number of hydrogen-bond donors (Lipinski definition) is 1. The van der Waals surface area contributed by atoms with Gasteiger partial charge in [-0.25, -0.2) is 4.39 Å². The van der Waals surface area contributed by atoms with E-state index in [9.17, 15) is 4.39 Å². The molecule has 0 bridgehead atoms. The van der Waals surface area contributed by atoms with Gasteiger partial charge >= 0.3 is 0 Å². The average Bonchev–Trinajstić information content (AvgIpc) is 2.26. The zero-order chi connectivity index (χ0) is 11.1. The Morgan fingerprint density at radius 1 is 1.67 bits per heavy atom. The highest BCUT2D eigenvalue weighted by Gasteiger charge is 2.12. The summed E-state index contributed by atoms with van der Waals surface area (Å²) in [5.74, 6) is 2.31. The minimum absolute atomic E-state index is 0.0151. The molecule has 0 aromatic carbocycles. The SMILES string of the molecule is C#CCCCC(NC)c1ccncc1F. The summed E-state index contributed by atoms with van der Waals surface area (Å²) in [6, 6.07) is 1.72. The van der Waals surface area contributed by atoms with Crippen molar-refractivity contribution in [3.05, 3.63) is 29.8 Å². The Hall–Kier alpha value is -1.40. The van der Waals surface area contributed by atoms with Crippen LogP contribution in [0.3, 0.4) is 0 Å². The lowest BCUT2D eigenvalue weighted by molar-refractivity contribution is 0.495. The maximum absolute atomic E-state index is 13.4. The van der Waals surface area contributed by atoms with E-state index in [-0.39, 0.29) is 11.9 Å². The largest absolute Gasteiger partial charge is 0.313 e. The van der Waals surface area contributed by atoms with Crippen LogP contribution in [0.1, 0.15) is 30.9 Å². The van der Waals surface area contributed by atoms with Crippen LogP contribution in [0, 0.1) is 18.2 Å². The lowest BCUT2D eigenvalue weighted by atomic mass is 10.0. The Balaban J connectivity index is 2.66. The molecule has 1 unspecified atom stereocenters. The Morgan fingerprint density at radius 3 is 3.07 bits per heavy atom. The average molecular weight is 206 g/mol. The van der Waals surface area contributed by atoms with Crippen LogP contribution in [0.2, 0.25) is 0 Å². The first-order valence-corrected chi connectivity index (χ1v) is 4.99. The van der Waals surface area contributed by atoms with Crippen molar-refractivity contribution in [2.24, 2.45) is 0 Å². The minimum atomic E-state index is -0.266. The maximum atomic E-state index is 13.4. The standard InChI is InChI=1S/C12H15FN2/c1-3-4-5-6-12(14-2)10-7-8-15-9-11(10)13/h1,7-9,12,14H,4-6H2,2H3. The number of halogens is 1. The molecule has 2 nitrogen and oxygen atoms in total. The van der Waals surface area contributed by atoms with Gasteiger partial charge in [0.05, 0.1) is 6.20 Å². The second-order valence-electron chi connectivity index (χ2n) is 3.33. The quantitative estimate of drug-likeness (QED) is 0.590. The molecule has 0 radical (unpaired) electrons. The van der Waals surface area contributed by atoms with E-state index in [0.717, 1.165) is 19.3 Å². The van der Waals surface area contributed by atoms with Gasteiger partial charge in [-0.1, -0.05) is 0 Å². The van der Waals surface area contributed by atoms with Crippen LogP contribution >= 0.6 is 0 Å². The van der Waals surface area contributed by atoms with E-state index < -0.39 is 0 Å². The molecule has 1 atom stereocenters. The molecule has 80 valence electrons. The number of aromatic nitrogens is 1. The molecule has 0 saturated heterocycles. The first-order valence-electron chi connectivity index (χ1n) is 4.99. The highest BCUT2D eigenvalue weighted by Crippen LogP contribution is 2.20. The zero-order valence-electron chi connectivity index (χ0n) is 8.83. The molecule has 15 heavy (non-hydrogen) atoms. The fourth-order valence-corrected chi connectivity index (χ4v) is 1.53. The summed E-state index contributed by atoms with van der Waals surface area (Å²) < 4.78 is 13.4. The third-order valence-corrected chi connectivity index (χ3v) is 2.34. The molecule has 0 amide bonds. The van der Waals surface area contributed by atoms with Crippen molar-refractivity contribution in [2.45, 2.75) is 25.3 Å². The van der Waals surface area contributed by atoms with Crippen LogP contribution < -0.4 is 5.32 Å². The molecule has 0 fully saturated rings. The fraction of sp³-hybridized carbons (Fsp3) is 0.417. The summed E-state index contributed by atoms with van der Waals surface area (Å²) in [5.41, 5.74) is 0.657. The third kappa shape index (κ3) is 3.34. The van der Waals surface area contributed by atoms with E-state index in [2.05, 4.69) is 16.2 Å². The third-order valence-electron chi connectivity index (χ3n) is 2.34. The molecule has 0 aliphatic heterocycles. The predicted octanol–water partition coefficient (Wildman–Crippen LogP) is 2.28. The number of rotatable bonds is 5. The Labute approximate surface area is 89.9 Å². The van der Waals surface area contributed by atoms with Gasteiger partial charge in [0.1, 0.15) is 5.82 Å². The Morgan fingerprint density at radius 2 is 2.47 bits per heavy atom. The van der Waals surface area contributed by atoms with Crippen molar-refractivity contribution < 1.29 is 4.39 Å². The molecular weight excluding hydrogens is 191 g/mol. The number of pyridine rings is 1. The second-order valence-corrected chi connectivity index (χ2v) is 3.33. The number of hydrogen-bond acceptors (Lipinski definition) is 2. The highest BCUT2D eigenvalue weighted by molar-refractivity contribution is 5.17. The topological polar surface area (TPSA) is 24.9 Å². The number of unbranched alkanes of at least 4 members (excludes halogenated alkanes) is 1. The molecule has 3 heteroatoms. The Bertz CT molecular complexity index is 344. The van der Waals surface area contributed by atoms with E-state index in [0.29, 0.717) is 5.56 Å². The summed E-state index contributed by atoms with van der Waals surface area (Å²) >= 11 is 0. The second kappa shape index (κ2) is 6.15. The fourth-order valence-electron chi connectivity index (χ4n) is 1.53. The molecule has 0 spiro atoms. The summed E-state index contributed by atoms with van der Waals surface area (Å²) in [6.07, 6.45) is 10.5. The van der Waals surface area contributed by atoms with Gasteiger partial charge < -0.3 is 5.32 Å². The maximum Gasteiger partial charge on any atom is 0.146 e. The summed E-state index contributed by atoms with van der Waals surface area (Å²) in [4.78, 5) is 3.72. The molecule has 0 aliphatic rings. The zero-order valence-corrected chi connectivity index (χ0v) is 8.83. The van der Waals surface area contributed by atoms with E-state index in [1.807, 2.05) is 7.05 Å². The molecule has 1 aromatic rings. The minimum Gasteiger partial charge on any atom is -0.313 e. The molecule has 1 N–H and O–H groups in total. The van der Waals surface area contributed by atoms with Crippen LogP contribution in [0.25, 0.3) is 0 Å². The van der Waals surface area contributed by atoms with Gasteiger partial charge in [-0.05, 0) is 26.0 Å². The Kier molecular flexibility index (Phi) is 4.79. The summed E-state index contributed by atoms with van der Waals surface area (Å²) in [5, 5.41) is 3.08. The van der Waals surface area contributed by atoms with Crippen LogP contribution in [0.15, 0.2) is 18.5 Å². The van der Waals surface area contributed by atoms with Crippen molar-refractivity contribution in [3.8, 4) is 12.3 Å². The molecular formula is C12H15FN2. The molecule has 1 heterocycles. The first-order chi connectivity index (χ1) is 7.29. The van der Waals surface area contributed by atoms with Gasteiger partial charge in [-0.3, -0.25) is 4.98 Å². The van der Waals surface area contributed by atoms with E-state index in [4.69, 9.17) is 6.42 Å². The smallest absolute Gasteiger partial charge is 0.146 e. The number of nitrogens with zero attached hydrogens (tertiary/aromatic N) is 1. The van der Waals surface area contributed by atoms with Gasteiger partial charge in [0.15, 0.2) is 0 Å². The molecule has 1 rings (SSSR count). The van der Waals surface area contributed by atoms with Gasteiger partial charge in [-0.15, -0.1) is 12.3 Å². The van der Waals surface area contributed by atoms with Crippen LogP contribution in [0.5, 0.6) is 0 Å². The molecule has 0 saturated carbocycles. The van der Waals surface area contributed by atoms with Crippen molar-refractivity contribution in [1.82, 2.24) is 10.3 Å². The predicted molar refractivity (Wildman–Crippen MR) is 58.7 cm³/mol. The van der Waals surface area contributed by atoms with E-state index >= 15 is 0 Å². The highest BCUT2D eigenvalue weighted by atomic mass is 19.1. The summed E-state index contributed by atoms with van der Waals surface area (Å²) in [6.45, 7) is 0. The van der Waals surface area contributed by atoms with Crippen molar-refractivity contribution >= 4 is 0 Å². The van der Waals surface area contributed by atoms with Gasteiger partial charge in [0, 0.05) is 24.2 Å². The van der Waals surface area contributed by atoms with Gasteiger partial charge in [0.2, 0.25) is 0 Å². The lowest BCUT2D eigenvalue weighted by Gasteiger charge is -2.16. The van der Waals surface area contributed by atoms with Gasteiger partial charge in [0.25, 0.3) is 0 Å². The van der Waals surface area contributed by atoms with E-state index in [1.165, 1.54) is 6.20 Å². The van der Waals surface area contributed by atoms with E-state index in [1.54, 1.807) is 12.3 Å². The van der Waals surface area contributed by atoms with Crippen molar-refractivity contribution in [3.63, 3.8) is 0 Å².